The summed E-state index contributed by atoms with van der Waals surface area (Å²) in [6.07, 6.45) is 5.53. The fourth-order valence-electron chi connectivity index (χ4n) is 3.52. The summed E-state index contributed by atoms with van der Waals surface area (Å²) in [6, 6.07) is 6.41. The maximum atomic E-state index is 13.4. The van der Waals surface area contributed by atoms with Gasteiger partial charge in [-0.2, -0.15) is 5.10 Å². The van der Waals surface area contributed by atoms with Crippen LogP contribution in [0.5, 0.6) is 0 Å². The number of anilines is 1. The quantitative estimate of drug-likeness (QED) is 0.661. The van der Waals surface area contributed by atoms with Gasteiger partial charge in [-0.05, 0) is 17.7 Å². The van der Waals surface area contributed by atoms with Crippen LogP contribution in [0.4, 0.5) is 10.3 Å². The van der Waals surface area contributed by atoms with E-state index < -0.39 is 0 Å². The van der Waals surface area contributed by atoms with Crippen molar-refractivity contribution in [3.63, 3.8) is 0 Å². The van der Waals surface area contributed by atoms with Crippen LogP contribution >= 0.6 is 0 Å². The second-order valence-corrected chi connectivity index (χ2v) is 7.49. The highest BCUT2D eigenvalue weighted by atomic mass is 19.1. The van der Waals surface area contributed by atoms with E-state index in [4.69, 9.17) is 9.72 Å². The lowest BCUT2D eigenvalue weighted by atomic mass is 10.0. The van der Waals surface area contributed by atoms with E-state index in [0.717, 1.165) is 29.9 Å². The normalized spacial score (nSPS) is 17.4. The van der Waals surface area contributed by atoms with Crippen LogP contribution in [0.25, 0.3) is 11.1 Å². The monoisotopic (exact) mass is 396 g/mol. The van der Waals surface area contributed by atoms with Crippen molar-refractivity contribution in [2.75, 3.05) is 38.7 Å². The first-order chi connectivity index (χ1) is 14.0. The zero-order chi connectivity index (χ0) is 20.4. The van der Waals surface area contributed by atoms with E-state index in [1.54, 1.807) is 18.3 Å². The molecule has 0 unspecified atom stereocenters. The van der Waals surface area contributed by atoms with Gasteiger partial charge in [0.1, 0.15) is 11.9 Å². The molecule has 0 spiro atoms. The highest BCUT2D eigenvalue weighted by Crippen LogP contribution is 2.32. The average Bonchev–Trinajstić information content (AvgIpc) is 3.13. The van der Waals surface area contributed by atoms with E-state index >= 15 is 0 Å². The molecule has 152 valence electrons. The highest BCUT2D eigenvalue weighted by molar-refractivity contribution is 5.66. The van der Waals surface area contributed by atoms with E-state index in [2.05, 4.69) is 15.0 Å². The molecule has 0 radical (unpaired) electrons. The first-order valence-corrected chi connectivity index (χ1v) is 9.61. The molecule has 1 fully saturated rings. The van der Waals surface area contributed by atoms with Crippen LogP contribution in [0.15, 0.2) is 42.9 Å². The molecular weight excluding hydrogens is 371 g/mol. The summed E-state index contributed by atoms with van der Waals surface area (Å²) in [5.41, 5.74) is 3.73. The van der Waals surface area contributed by atoms with Crippen molar-refractivity contribution < 1.29 is 9.13 Å². The van der Waals surface area contributed by atoms with Crippen LogP contribution in [0, 0.1) is 5.82 Å². The van der Waals surface area contributed by atoms with Crippen molar-refractivity contribution in [2.24, 2.45) is 7.05 Å². The summed E-state index contributed by atoms with van der Waals surface area (Å²) in [6.45, 7) is 3.00. The van der Waals surface area contributed by atoms with Crippen LogP contribution < -0.4 is 4.90 Å². The summed E-state index contributed by atoms with van der Waals surface area (Å²) in [4.78, 5) is 13.5. The molecule has 0 aliphatic carbocycles. The number of rotatable bonds is 5. The van der Waals surface area contributed by atoms with Gasteiger partial charge in [-0.3, -0.25) is 9.58 Å². The Kier molecular flexibility index (Phi) is 5.55. The summed E-state index contributed by atoms with van der Waals surface area (Å²) >= 11 is 0. The van der Waals surface area contributed by atoms with Gasteiger partial charge in [0, 0.05) is 64.3 Å². The number of nitrogens with zero attached hydrogens (tertiary/aromatic N) is 6. The smallest absolute Gasteiger partial charge is 0.225 e. The molecule has 3 heterocycles. The van der Waals surface area contributed by atoms with Crippen LogP contribution in [-0.4, -0.2) is 58.4 Å². The standard InChI is InChI=1S/C21H25FN6O/c1-26(2)21-23-11-18(16-4-6-17(22)7-5-16)20(25-21)19-14-28(8-9-29-19)13-15-10-24-27(3)12-15/h4-7,10-12,19H,8-9,13-14H2,1-3H3/t19-/m1/s1. The van der Waals surface area contributed by atoms with Crippen LogP contribution in [0.1, 0.15) is 17.4 Å². The lowest BCUT2D eigenvalue weighted by Crippen LogP contribution is -2.38. The molecule has 29 heavy (non-hydrogen) atoms. The van der Waals surface area contributed by atoms with Gasteiger partial charge in [0.05, 0.1) is 18.5 Å². The second kappa shape index (κ2) is 8.26. The molecule has 4 rings (SSSR count). The maximum absolute atomic E-state index is 13.4. The predicted molar refractivity (Wildman–Crippen MR) is 109 cm³/mol. The Balaban J connectivity index is 1.64. The molecular formula is C21H25FN6O. The summed E-state index contributed by atoms with van der Waals surface area (Å²) in [5.74, 6) is 0.358. The zero-order valence-electron chi connectivity index (χ0n) is 16.9. The number of benzene rings is 1. The molecule has 1 aromatic carbocycles. The molecule has 1 atom stereocenters. The van der Waals surface area contributed by atoms with Gasteiger partial charge in [0.25, 0.3) is 0 Å². The third kappa shape index (κ3) is 4.44. The SMILES string of the molecule is CN(C)c1ncc(-c2ccc(F)cc2)c([C@H]2CN(Cc3cnn(C)c3)CCO2)n1. The van der Waals surface area contributed by atoms with E-state index in [-0.39, 0.29) is 11.9 Å². The molecule has 0 bridgehead atoms. The Morgan fingerprint density at radius 3 is 2.69 bits per heavy atom. The van der Waals surface area contributed by atoms with Gasteiger partial charge >= 0.3 is 0 Å². The first-order valence-electron chi connectivity index (χ1n) is 9.61. The van der Waals surface area contributed by atoms with E-state index in [0.29, 0.717) is 19.1 Å². The van der Waals surface area contributed by atoms with E-state index in [9.17, 15) is 4.39 Å². The minimum absolute atomic E-state index is 0.192. The minimum Gasteiger partial charge on any atom is -0.369 e. The number of morpholine rings is 1. The van der Waals surface area contributed by atoms with Crippen molar-refractivity contribution >= 4 is 5.95 Å². The first kappa shape index (κ1) is 19.5. The molecule has 3 aromatic rings. The predicted octanol–water partition coefficient (Wildman–Crippen LogP) is 2.66. The largest absolute Gasteiger partial charge is 0.369 e. The van der Waals surface area contributed by atoms with Crippen molar-refractivity contribution in [2.45, 2.75) is 12.6 Å². The minimum atomic E-state index is -0.266. The van der Waals surface area contributed by atoms with Gasteiger partial charge in [0.2, 0.25) is 5.95 Å². The number of hydrogen-bond acceptors (Lipinski definition) is 6. The van der Waals surface area contributed by atoms with E-state index in [1.807, 2.05) is 43.1 Å². The summed E-state index contributed by atoms with van der Waals surface area (Å²) in [7, 11) is 5.74. The molecule has 0 amide bonds. The Hall–Kier alpha value is -2.84. The lowest BCUT2D eigenvalue weighted by Gasteiger charge is -2.33. The molecule has 2 aromatic heterocycles. The Morgan fingerprint density at radius 1 is 1.21 bits per heavy atom. The zero-order valence-corrected chi connectivity index (χ0v) is 16.9. The Labute approximate surface area is 169 Å². The number of hydrogen-bond donors (Lipinski definition) is 0. The van der Waals surface area contributed by atoms with Crippen molar-refractivity contribution in [3.8, 4) is 11.1 Å². The number of aryl methyl sites for hydroxylation is 1. The van der Waals surface area contributed by atoms with Crippen molar-refractivity contribution in [1.82, 2.24) is 24.6 Å². The molecule has 8 heteroatoms. The van der Waals surface area contributed by atoms with Crippen molar-refractivity contribution in [1.29, 1.82) is 0 Å². The third-order valence-corrected chi connectivity index (χ3v) is 4.98. The van der Waals surface area contributed by atoms with Gasteiger partial charge in [-0.25, -0.2) is 14.4 Å². The summed E-state index contributed by atoms with van der Waals surface area (Å²) < 4.78 is 21.3. The lowest BCUT2D eigenvalue weighted by molar-refractivity contribution is -0.0347. The van der Waals surface area contributed by atoms with Crippen LogP contribution in [-0.2, 0) is 18.3 Å². The van der Waals surface area contributed by atoms with E-state index in [1.165, 1.54) is 17.7 Å². The van der Waals surface area contributed by atoms with Crippen LogP contribution in [0.3, 0.4) is 0 Å². The fraction of sp³-hybridized carbons (Fsp3) is 0.381. The molecule has 0 N–H and O–H groups in total. The number of halogens is 1. The summed E-state index contributed by atoms with van der Waals surface area (Å²) in [5, 5.41) is 4.25. The average molecular weight is 396 g/mol. The van der Waals surface area contributed by atoms with Crippen molar-refractivity contribution in [3.05, 3.63) is 59.9 Å². The maximum Gasteiger partial charge on any atom is 0.225 e. The van der Waals surface area contributed by atoms with Gasteiger partial charge in [-0.15, -0.1) is 0 Å². The molecule has 1 aliphatic rings. The second-order valence-electron chi connectivity index (χ2n) is 7.49. The highest BCUT2D eigenvalue weighted by Gasteiger charge is 2.27. The molecule has 1 aliphatic heterocycles. The number of aromatic nitrogens is 4. The Morgan fingerprint density at radius 2 is 2.00 bits per heavy atom. The third-order valence-electron chi connectivity index (χ3n) is 4.98. The van der Waals surface area contributed by atoms with Gasteiger partial charge < -0.3 is 9.64 Å². The van der Waals surface area contributed by atoms with Crippen LogP contribution in [0.2, 0.25) is 0 Å². The Bertz CT molecular complexity index is 972. The number of ether oxygens (including phenoxy) is 1. The fourth-order valence-corrected chi connectivity index (χ4v) is 3.52. The molecule has 7 nitrogen and oxygen atoms in total. The molecule has 1 saturated heterocycles. The topological polar surface area (TPSA) is 59.3 Å². The van der Waals surface area contributed by atoms with Gasteiger partial charge in [0.15, 0.2) is 0 Å². The molecule has 0 saturated carbocycles. The van der Waals surface area contributed by atoms with Gasteiger partial charge in [-0.1, -0.05) is 12.1 Å².